The molecule has 1 atom stereocenters. The SMILES string of the molecule is CC(=O)C[C@@H]1CCCN1C(=O)/C=C/c1ccccc1. The Morgan fingerprint density at radius 1 is 1.32 bits per heavy atom. The molecule has 0 radical (unpaired) electrons. The number of amides is 1. The molecule has 3 heteroatoms. The summed E-state index contributed by atoms with van der Waals surface area (Å²) in [5.74, 6) is 0.157. The lowest BCUT2D eigenvalue weighted by Crippen LogP contribution is -2.35. The van der Waals surface area contributed by atoms with Gasteiger partial charge in [0, 0.05) is 25.1 Å². The summed E-state index contributed by atoms with van der Waals surface area (Å²) >= 11 is 0. The monoisotopic (exact) mass is 257 g/mol. The van der Waals surface area contributed by atoms with Crippen LogP contribution in [0.5, 0.6) is 0 Å². The van der Waals surface area contributed by atoms with Crippen molar-refractivity contribution in [3.8, 4) is 0 Å². The molecular formula is C16H19NO2. The van der Waals surface area contributed by atoms with E-state index in [2.05, 4.69) is 0 Å². The lowest BCUT2D eigenvalue weighted by molar-refractivity contribution is -0.127. The van der Waals surface area contributed by atoms with Crippen molar-refractivity contribution in [2.45, 2.75) is 32.2 Å². The van der Waals surface area contributed by atoms with Crippen LogP contribution in [-0.4, -0.2) is 29.2 Å². The number of Topliss-reactive ketones (excluding diaryl/α,β-unsaturated/α-hetero) is 1. The first-order chi connectivity index (χ1) is 9.16. The Balaban J connectivity index is 1.99. The Labute approximate surface area is 113 Å². The molecule has 1 saturated heterocycles. The largest absolute Gasteiger partial charge is 0.336 e. The average molecular weight is 257 g/mol. The van der Waals surface area contributed by atoms with Gasteiger partial charge in [0.05, 0.1) is 0 Å². The van der Waals surface area contributed by atoms with Crippen LogP contribution in [0.4, 0.5) is 0 Å². The van der Waals surface area contributed by atoms with E-state index in [1.54, 1.807) is 13.0 Å². The minimum absolute atomic E-state index is 0.00704. The van der Waals surface area contributed by atoms with E-state index in [0.29, 0.717) is 6.42 Å². The Morgan fingerprint density at radius 3 is 2.74 bits per heavy atom. The van der Waals surface area contributed by atoms with Gasteiger partial charge in [-0.2, -0.15) is 0 Å². The van der Waals surface area contributed by atoms with Gasteiger partial charge < -0.3 is 4.90 Å². The van der Waals surface area contributed by atoms with Gasteiger partial charge in [0.2, 0.25) is 5.91 Å². The predicted molar refractivity (Wildman–Crippen MR) is 75.5 cm³/mol. The summed E-state index contributed by atoms with van der Waals surface area (Å²) in [7, 11) is 0. The fourth-order valence-corrected chi connectivity index (χ4v) is 2.50. The third-order valence-electron chi connectivity index (χ3n) is 3.40. The van der Waals surface area contributed by atoms with Crippen LogP contribution in [0.15, 0.2) is 36.4 Å². The first kappa shape index (κ1) is 13.5. The van der Waals surface area contributed by atoms with Crippen molar-refractivity contribution in [1.82, 2.24) is 4.90 Å². The van der Waals surface area contributed by atoms with Gasteiger partial charge in [-0.1, -0.05) is 30.3 Å². The number of ketones is 1. The Morgan fingerprint density at radius 2 is 2.05 bits per heavy atom. The van der Waals surface area contributed by atoms with E-state index >= 15 is 0 Å². The molecule has 1 amide bonds. The van der Waals surface area contributed by atoms with Crippen LogP contribution in [0.2, 0.25) is 0 Å². The number of carbonyl (C=O) groups is 2. The molecule has 1 aliphatic rings. The lowest BCUT2D eigenvalue weighted by atomic mass is 10.1. The summed E-state index contributed by atoms with van der Waals surface area (Å²) in [5, 5.41) is 0. The van der Waals surface area contributed by atoms with E-state index in [9.17, 15) is 9.59 Å². The summed E-state index contributed by atoms with van der Waals surface area (Å²) < 4.78 is 0. The maximum Gasteiger partial charge on any atom is 0.246 e. The Kier molecular flexibility index (Phi) is 4.50. The Bertz CT molecular complexity index is 479. The molecule has 100 valence electrons. The highest BCUT2D eigenvalue weighted by Crippen LogP contribution is 2.21. The Hall–Kier alpha value is -1.90. The zero-order valence-electron chi connectivity index (χ0n) is 11.2. The normalized spacial score (nSPS) is 19.0. The molecule has 0 spiro atoms. The van der Waals surface area contributed by atoms with E-state index in [-0.39, 0.29) is 17.7 Å². The summed E-state index contributed by atoms with van der Waals surface area (Å²) in [6, 6.07) is 9.84. The maximum atomic E-state index is 12.1. The predicted octanol–water partition coefficient (Wildman–Crippen LogP) is 2.67. The van der Waals surface area contributed by atoms with Crippen LogP contribution in [0, 0.1) is 0 Å². The first-order valence-electron chi connectivity index (χ1n) is 6.70. The minimum atomic E-state index is 0.00704. The van der Waals surface area contributed by atoms with Gasteiger partial charge in [-0.25, -0.2) is 0 Å². The second-order valence-corrected chi connectivity index (χ2v) is 4.98. The van der Waals surface area contributed by atoms with Gasteiger partial charge in [-0.3, -0.25) is 9.59 Å². The van der Waals surface area contributed by atoms with E-state index in [4.69, 9.17) is 0 Å². The van der Waals surface area contributed by atoms with Gasteiger partial charge in [0.15, 0.2) is 0 Å². The smallest absolute Gasteiger partial charge is 0.246 e. The number of likely N-dealkylation sites (tertiary alicyclic amines) is 1. The highest BCUT2D eigenvalue weighted by atomic mass is 16.2. The second kappa shape index (κ2) is 6.32. The average Bonchev–Trinajstić information content (AvgIpc) is 2.84. The first-order valence-corrected chi connectivity index (χ1v) is 6.70. The van der Waals surface area contributed by atoms with Crippen LogP contribution < -0.4 is 0 Å². The summed E-state index contributed by atoms with van der Waals surface area (Å²) in [4.78, 5) is 25.1. The summed E-state index contributed by atoms with van der Waals surface area (Å²) in [5.41, 5.74) is 1.01. The van der Waals surface area contributed by atoms with Crippen molar-refractivity contribution in [2.75, 3.05) is 6.54 Å². The maximum absolute atomic E-state index is 12.1. The van der Waals surface area contributed by atoms with Gasteiger partial charge in [-0.05, 0) is 31.4 Å². The van der Waals surface area contributed by atoms with Gasteiger partial charge >= 0.3 is 0 Å². The van der Waals surface area contributed by atoms with Crippen LogP contribution in [0.3, 0.4) is 0 Å². The van der Waals surface area contributed by atoms with E-state index < -0.39 is 0 Å². The van der Waals surface area contributed by atoms with Gasteiger partial charge in [0.25, 0.3) is 0 Å². The fourth-order valence-electron chi connectivity index (χ4n) is 2.50. The molecule has 2 rings (SSSR count). The van der Waals surface area contributed by atoms with Gasteiger partial charge in [0.1, 0.15) is 5.78 Å². The lowest BCUT2D eigenvalue weighted by Gasteiger charge is -2.22. The number of carbonyl (C=O) groups excluding carboxylic acids is 2. The molecular weight excluding hydrogens is 238 g/mol. The fraction of sp³-hybridized carbons (Fsp3) is 0.375. The minimum Gasteiger partial charge on any atom is -0.336 e. The standard InChI is InChI=1S/C16H19NO2/c1-13(18)12-15-8-5-11-17(15)16(19)10-9-14-6-3-2-4-7-14/h2-4,6-7,9-10,15H,5,8,11-12H2,1H3/b10-9+/t15-/m0/s1. The third-order valence-corrected chi connectivity index (χ3v) is 3.40. The molecule has 1 fully saturated rings. The van der Waals surface area contributed by atoms with Crippen LogP contribution in [0.25, 0.3) is 6.08 Å². The van der Waals surface area contributed by atoms with Crippen molar-refractivity contribution < 1.29 is 9.59 Å². The van der Waals surface area contributed by atoms with Crippen molar-refractivity contribution in [1.29, 1.82) is 0 Å². The third kappa shape index (κ3) is 3.78. The molecule has 1 aromatic rings. The number of benzene rings is 1. The molecule has 0 saturated carbocycles. The molecule has 1 aliphatic heterocycles. The van der Waals surface area contributed by atoms with Crippen LogP contribution in [-0.2, 0) is 9.59 Å². The molecule has 0 aromatic heterocycles. The molecule has 19 heavy (non-hydrogen) atoms. The highest BCUT2D eigenvalue weighted by molar-refractivity contribution is 5.92. The van der Waals surface area contributed by atoms with Crippen molar-refractivity contribution in [3.05, 3.63) is 42.0 Å². The zero-order valence-corrected chi connectivity index (χ0v) is 11.2. The number of hydrogen-bond donors (Lipinski definition) is 0. The second-order valence-electron chi connectivity index (χ2n) is 4.98. The summed E-state index contributed by atoms with van der Waals surface area (Å²) in [6.07, 6.45) is 5.83. The van der Waals surface area contributed by atoms with Crippen LogP contribution >= 0.6 is 0 Å². The molecule has 0 unspecified atom stereocenters. The molecule has 0 bridgehead atoms. The molecule has 1 aromatic carbocycles. The molecule has 0 N–H and O–H groups in total. The van der Waals surface area contributed by atoms with E-state index in [1.165, 1.54) is 0 Å². The molecule has 1 heterocycles. The van der Waals surface area contributed by atoms with Gasteiger partial charge in [-0.15, -0.1) is 0 Å². The molecule has 3 nitrogen and oxygen atoms in total. The quantitative estimate of drug-likeness (QED) is 0.778. The van der Waals surface area contributed by atoms with E-state index in [1.807, 2.05) is 41.3 Å². The summed E-state index contributed by atoms with van der Waals surface area (Å²) in [6.45, 7) is 2.34. The highest BCUT2D eigenvalue weighted by Gasteiger charge is 2.28. The zero-order chi connectivity index (χ0) is 13.7. The molecule has 0 aliphatic carbocycles. The van der Waals surface area contributed by atoms with Crippen molar-refractivity contribution in [2.24, 2.45) is 0 Å². The number of nitrogens with zero attached hydrogens (tertiary/aromatic N) is 1. The number of rotatable bonds is 4. The van der Waals surface area contributed by atoms with Crippen molar-refractivity contribution in [3.63, 3.8) is 0 Å². The van der Waals surface area contributed by atoms with Crippen molar-refractivity contribution >= 4 is 17.8 Å². The van der Waals surface area contributed by atoms with Crippen LogP contribution in [0.1, 0.15) is 31.7 Å². The van der Waals surface area contributed by atoms with E-state index in [0.717, 1.165) is 24.9 Å². The topological polar surface area (TPSA) is 37.4 Å². The number of hydrogen-bond acceptors (Lipinski definition) is 2.